The van der Waals surface area contributed by atoms with Crippen molar-refractivity contribution in [2.75, 3.05) is 32.7 Å². The van der Waals surface area contributed by atoms with E-state index in [0.29, 0.717) is 18.7 Å². The van der Waals surface area contributed by atoms with Gasteiger partial charge in [-0.15, -0.1) is 0 Å². The Kier molecular flexibility index (Phi) is 4.31. The summed E-state index contributed by atoms with van der Waals surface area (Å²) in [4.78, 5) is 26.9. The van der Waals surface area contributed by atoms with Crippen LogP contribution in [0.25, 0.3) is 0 Å². The van der Waals surface area contributed by atoms with E-state index in [1.807, 2.05) is 0 Å². The lowest BCUT2D eigenvalue weighted by Gasteiger charge is -2.35. The topological polar surface area (TPSA) is 66.7 Å². The number of amides is 1. The zero-order chi connectivity index (χ0) is 15.7. The molecule has 6 nitrogen and oxygen atoms in total. The molecule has 2 aliphatic rings. The Bertz CT molecular complexity index is 596. The number of benzene rings is 1. The lowest BCUT2D eigenvalue weighted by Crippen LogP contribution is -2.49. The van der Waals surface area contributed by atoms with Crippen LogP contribution < -0.4 is 0 Å². The molecule has 0 spiro atoms. The molecule has 2 fully saturated rings. The fourth-order valence-electron chi connectivity index (χ4n) is 2.76. The van der Waals surface area contributed by atoms with Crippen LogP contribution in [-0.2, 0) is 0 Å². The SMILES string of the molecule is O=C(c1ccc([N+](=O)[O-])cc1Cl)N1CCN(CC2CC2)CC1. The molecule has 1 aliphatic carbocycles. The number of nitrogens with zero attached hydrogens (tertiary/aromatic N) is 3. The Labute approximate surface area is 133 Å². The number of halogens is 1. The number of nitro benzene ring substituents is 1. The molecule has 22 heavy (non-hydrogen) atoms. The molecular weight excluding hydrogens is 306 g/mol. The molecule has 118 valence electrons. The van der Waals surface area contributed by atoms with Crippen LogP contribution in [0.3, 0.4) is 0 Å². The summed E-state index contributed by atoms with van der Waals surface area (Å²) < 4.78 is 0. The average molecular weight is 324 g/mol. The van der Waals surface area contributed by atoms with Crippen molar-refractivity contribution in [2.45, 2.75) is 12.8 Å². The number of nitro groups is 1. The minimum Gasteiger partial charge on any atom is -0.336 e. The van der Waals surface area contributed by atoms with Crippen molar-refractivity contribution < 1.29 is 9.72 Å². The molecule has 0 N–H and O–H groups in total. The van der Waals surface area contributed by atoms with Gasteiger partial charge in [0.05, 0.1) is 15.5 Å². The van der Waals surface area contributed by atoms with Gasteiger partial charge in [-0.3, -0.25) is 19.8 Å². The van der Waals surface area contributed by atoms with Gasteiger partial charge >= 0.3 is 0 Å². The van der Waals surface area contributed by atoms with Gasteiger partial charge in [0.25, 0.3) is 11.6 Å². The van der Waals surface area contributed by atoms with Crippen molar-refractivity contribution in [1.82, 2.24) is 9.80 Å². The number of hydrogen-bond acceptors (Lipinski definition) is 4. The quantitative estimate of drug-likeness (QED) is 0.630. The highest BCUT2D eigenvalue weighted by Crippen LogP contribution is 2.30. The maximum absolute atomic E-state index is 12.5. The maximum Gasteiger partial charge on any atom is 0.270 e. The van der Waals surface area contributed by atoms with Crippen molar-refractivity contribution in [1.29, 1.82) is 0 Å². The van der Waals surface area contributed by atoms with Crippen LogP contribution in [0.4, 0.5) is 5.69 Å². The van der Waals surface area contributed by atoms with Crippen molar-refractivity contribution >= 4 is 23.2 Å². The molecule has 0 unspecified atom stereocenters. The first-order valence-corrected chi connectivity index (χ1v) is 7.88. The normalized spacial score (nSPS) is 19.2. The Hall–Kier alpha value is -1.66. The maximum atomic E-state index is 12.5. The van der Waals surface area contributed by atoms with Crippen molar-refractivity contribution in [3.05, 3.63) is 38.9 Å². The van der Waals surface area contributed by atoms with Crippen LogP contribution in [0, 0.1) is 16.0 Å². The summed E-state index contributed by atoms with van der Waals surface area (Å²) in [5.41, 5.74) is 0.235. The van der Waals surface area contributed by atoms with E-state index in [4.69, 9.17) is 11.6 Å². The first kappa shape index (κ1) is 15.2. The third-order valence-electron chi connectivity index (χ3n) is 4.27. The van der Waals surface area contributed by atoms with E-state index < -0.39 is 4.92 Å². The molecule has 0 aromatic heterocycles. The second-order valence-corrected chi connectivity index (χ2v) is 6.36. The smallest absolute Gasteiger partial charge is 0.270 e. The zero-order valence-corrected chi connectivity index (χ0v) is 13.0. The summed E-state index contributed by atoms with van der Waals surface area (Å²) in [6.07, 6.45) is 2.66. The predicted octanol–water partition coefficient (Wildman–Crippen LogP) is 2.42. The number of non-ortho nitro benzene ring substituents is 1. The van der Waals surface area contributed by atoms with E-state index in [1.54, 1.807) is 4.90 Å². The van der Waals surface area contributed by atoms with Crippen LogP contribution >= 0.6 is 11.6 Å². The van der Waals surface area contributed by atoms with Gasteiger partial charge < -0.3 is 4.90 Å². The monoisotopic (exact) mass is 323 g/mol. The Morgan fingerprint density at radius 3 is 2.50 bits per heavy atom. The molecular formula is C15H18ClN3O3. The van der Waals surface area contributed by atoms with Gasteiger partial charge in [0.15, 0.2) is 0 Å². The van der Waals surface area contributed by atoms with Gasteiger partial charge in [0.2, 0.25) is 0 Å². The van der Waals surface area contributed by atoms with Gasteiger partial charge in [0.1, 0.15) is 0 Å². The number of piperazine rings is 1. The Balaban J connectivity index is 1.63. The molecule has 1 aromatic rings. The highest BCUT2D eigenvalue weighted by atomic mass is 35.5. The van der Waals surface area contributed by atoms with Crippen LogP contribution in [0.2, 0.25) is 5.02 Å². The minimum absolute atomic E-state index is 0.101. The molecule has 1 aromatic carbocycles. The number of rotatable bonds is 4. The van der Waals surface area contributed by atoms with Gasteiger partial charge in [-0.25, -0.2) is 0 Å². The molecule has 7 heteroatoms. The molecule has 0 bridgehead atoms. The molecule has 1 amide bonds. The first-order chi connectivity index (χ1) is 10.5. The fraction of sp³-hybridized carbons (Fsp3) is 0.533. The lowest BCUT2D eigenvalue weighted by atomic mass is 10.1. The summed E-state index contributed by atoms with van der Waals surface area (Å²) in [6, 6.07) is 4.00. The zero-order valence-electron chi connectivity index (χ0n) is 12.2. The van der Waals surface area contributed by atoms with Crippen LogP contribution in [-0.4, -0.2) is 53.4 Å². The van der Waals surface area contributed by atoms with Crippen molar-refractivity contribution in [2.24, 2.45) is 5.92 Å². The minimum atomic E-state index is -0.517. The second kappa shape index (κ2) is 6.22. The summed E-state index contributed by atoms with van der Waals surface area (Å²) in [5, 5.41) is 10.8. The average Bonchev–Trinajstić information content (AvgIpc) is 3.31. The molecule has 1 aliphatic heterocycles. The summed E-state index contributed by atoms with van der Waals surface area (Å²) in [5.74, 6) is 0.706. The molecule has 0 atom stereocenters. The largest absolute Gasteiger partial charge is 0.336 e. The third kappa shape index (κ3) is 3.39. The predicted molar refractivity (Wildman–Crippen MR) is 83.2 cm³/mol. The van der Waals surface area contributed by atoms with Crippen LogP contribution in [0.1, 0.15) is 23.2 Å². The van der Waals surface area contributed by atoms with E-state index >= 15 is 0 Å². The number of carbonyl (C=O) groups is 1. The third-order valence-corrected chi connectivity index (χ3v) is 4.58. The van der Waals surface area contributed by atoms with Crippen molar-refractivity contribution in [3.63, 3.8) is 0 Å². The Morgan fingerprint density at radius 2 is 1.95 bits per heavy atom. The van der Waals surface area contributed by atoms with Gasteiger partial charge in [0, 0.05) is 44.9 Å². The summed E-state index contributed by atoms with van der Waals surface area (Å²) >= 11 is 6.03. The molecule has 1 saturated heterocycles. The second-order valence-electron chi connectivity index (χ2n) is 5.96. The van der Waals surface area contributed by atoms with E-state index in [2.05, 4.69) is 4.90 Å². The van der Waals surface area contributed by atoms with Crippen molar-refractivity contribution in [3.8, 4) is 0 Å². The molecule has 1 heterocycles. The highest BCUT2D eigenvalue weighted by Gasteiger charge is 2.28. The van der Waals surface area contributed by atoms with Crippen LogP contribution in [0.5, 0.6) is 0 Å². The summed E-state index contributed by atoms with van der Waals surface area (Å²) in [7, 11) is 0. The van der Waals surface area contributed by atoms with E-state index in [1.165, 1.54) is 31.0 Å². The fourth-order valence-corrected chi connectivity index (χ4v) is 3.02. The van der Waals surface area contributed by atoms with Gasteiger partial charge in [-0.2, -0.15) is 0 Å². The lowest BCUT2D eigenvalue weighted by molar-refractivity contribution is -0.384. The molecule has 0 radical (unpaired) electrons. The van der Waals surface area contributed by atoms with Gasteiger partial charge in [-0.1, -0.05) is 11.6 Å². The number of hydrogen-bond donors (Lipinski definition) is 0. The van der Waals surface area contributed by atoms with Crippen LogP contribution in [0.15, 0.2) is 18.2 Å². The van der Waals surface area contributed by atoms with E-state index in [-0.39, 0.29) is 16.6 Å². The van der Waals surface area contributed by atoms with E-state index in [0.717, 1.165) is 25.6 Å². The van der Waals surface area contributed by atoms with E-state index in [9.17, 15) is 14.9 Å². The Morgan fingerprint density at radius 1 is 1.27 bits per heavy atom. The molecule has 3 rings (SSSR count). The highest BCUT2D eigenvalue weighted by molar-refractivity contribution is 6.34. The first-order valence-electron chi connectivity index (χ1n) is 7.50. The number of carbonyl (C=O) groups excluding carboxylic acids is 1. The standard InChI is InChI=1S/C15H18ClN3O3/c16-14-9-12(19(21)22)3-4-13(14)15(20)18-7-5-17(6-8-18)10-11-1-2-11/h3-4,9,11H,1-2,5-8,10H2. The summed E-state index contributed by atoms with van der Waals surface area (Å²) in [6.45, 7) is 4.26. The van der Waals surface area contributed by atoms with Gasteiger partial charge in [-0.05, 0) is 24.8 Å². The molecule has 1 saturated carbocycles.